The SMILES string of the molecule is CCOc1cc(C#N)ccc1OCC(=O)N1CCN(C(C)c2ccccc2)CC1. The summed E-state index contributed by atoms with van der Waals surface area (Å²) in [6, 6.07) is 17.8. The first-order chi connectivity index (χ1) is 14.1. The minimum absolute atomic E-state index is 0.0381. The van der Waals surface area contributed by atoms with Crippen LogP contribution < -0.4 is 9.47 Å². The molecule has 1 aliphatic heterocycles. The Morgan fingerprint density at radius 3 is 2.45 bits per heavy atom. The second-order valence-electron chi connectivity index (χ2n) is 7.00. The maximum Gasteiger partial charge on any atom is 0.260 e. The first-order valence-electron chi connectivity index (χ1n) is 9.99. The lowest BCUT2D eigenvalue weighted by molar-refractivity contribution is -0.135. The third kappa shape index (κ3) is 5.27. The Kier molecular flexibility index (Phi) is 7.09. The van der Waals surface area contributed by atoms with Crippen molar-refractivity contribution in [1.29, 1.82) is 5.26 Å². The Labute approximate surface area is 172 Å². The molecule has 2 aromatic carbocycles. The van der Waals surface area contributed by atoms with Crippen LogP contribution in [0.3, 0.4) is 0 Å². The van der Waals surface area contributed by atoms with E-state index in [1.807, 2.05) is 17.9 Å². The van der Waals surface area contributed by atoms with Gasteiger partial charge in [-0.15, -0.1) is 0 Å². The summed E-state index contributed by atoms with van der Waals surface area (Å²) in [7, 11) is 0. The predicted octanol–water partition coefficient (Wildman–Crippen LogP) is 3.24. The van der Waals surface area contributed by atoms with Crippen LogP contribution in [0.5, 0.6) is 11.5 Å². The molecule has 0 saturated carbocycles. The van der Waals surface area contributed by atoms with E-state index in [4.69, 9.17) is 14.7 Å². The Morgan fingerprint density at radius 2 is 1.79 bits per heavy atom. The van der Waals surface area contributed by atoms with Crippen molar-refractivity contribution in [3.05, 3.63) is 59.7 Å². The lowest BCUT2D eigenvalue weighted by Gasteiger charge is -2.38. The summed E-state index contributed by atoms with van der Waals surface area (Å²) in [5.74, 6) is 0.931. The second kappa shape index (κ2) is 9.94. The van der Waals surface area contributed by atoms with Gasteiger partial charge < -0.3 is 14.4 Å². The van der Waals surface area contributed by atoms with E-state index in [0.29, 0.717) is 42.8 Å². The number of benzene rings is 2. The summed E-state index contributed by atoms with van der Waals surface area (Å²) in [4.78, 5) is 16.8. The number of nitriles is 1. The highest BCUT2D eigenvalue weighted by Gasteiger charge is 2.25. The first kappa shape index (κ1) is 20.7. The Balaban J connectivity index is 1.52. The molecule has 1 atom stereocenters. The number of hydrogen-bond donors (Lipinski definition) is 0. The van der Waals surface area contributed by atoms with Crippen molar-refractivity contribution in [3.8, 4) is 17.6 Å². The molecule has 1 fully saturated rings. The molecule has 29 heavy (non-hydrogen) atoms. The van der Waals surface area contributed by atoms with Crippen LogP contribution in [0.25, 0.3) is 0 Å². The molecule has 0 N–H and O–H groups in total. The van der Waals surface area contributed by atoms with E-state index in [1.165, 1.54) is 5.56 Å². The number of rotatable bonds is 7. The van der Waals surface area contributed by atoms with E-state index in [-0.39, 0.29) is 12.5 Å². The summed E-state index contributed by atoms with van der Waals surface area (Å²) >= 11 is 0. The molecule has 0 radical (unpaired) electrons. The van der Waals surface area contributed by atoms with Crippen molar-refractivity contribution in [2.45, 2.75) is 19.9 Å². The predicted molar refractivity (Wildman–Crippen MR) is 111 cm³/mol. The molecule has 1 unspecified atom stereocenters. The third-order valence-corrected chi connectivity index (χ3v) is 5.22. The number of amides is 1. The summed E-state index contributed by atoms with van der Waals surface area (Å²) < 4.78 is 11.2. The quantitative estimate of drug-likeness (QED) is 0.723. The van der Waals surface area contributed by atoms with E-state index in [0.717, 1.165) is 13.1 Å². The fourth-order valence-electron chi connectivity index (χ4n) is 3.50. The Bertz CT molecular complexity index is 855. The van der Waals surface area contributed by atoms with Gasteiger partial charge in [-0.1, -0.05) is 30.3 Å². The van der Waals surface area contributed by atoms with Gasteiger partial charge in [0.1, 0.15) is 0 Å². The highest BCUT2D eigenvalue weighted by Crippen LogP contribution is 2.28. The number of hydrogen-bond acceptors (Lipinski definition) is 5. The molecule has 0 bridgehead atoms. The molecule has 1 saturated heterocycles. The largest absolute Gasteiger partial charge is 0.490 e. The zero-order valence-corrected chi connectivity index (χ0v) is 17.0. The van der Waals surface area contributed by atoms with Crippen LogP contribution in [0.2, 0.25) is 0 Å². The van der Waals surface area contributed by atoms with Gasteiger partial charge >= 0.3 is 0 Å². The fraction of sp³-hybridized carbons (Fsp3) is 0.391. The number of carbonyl (C=O) groups excluding carboxylic acids is 1. The van der Waals surface area contributed by atoms with Gasteiger partial charge in [-0.25, -0.2) is 0 Å². The van der Waals surface area contributed by atoms with E-state index in [9.17, 15) is 4.79 Å². The van der Waals surface area contributed by atoms with Crippen LogP contribution in [-0.2, 0) is 4.79 Å². The monoisotopic (exact) mass is 393 g/mol. The molecular formula is C23H27N3O3. The second-order valence-corrected chi connectivity index (χ2v) is 7.00. The minimum atomic E-state index is -0.0415. The fourth-order valence-corrected chi connectivity index (χ4v) is 3.50. The minimum Gasteiger partial charge on any atom is -0.490 e. The van der Waals surface area contributed by atoms with Crippen LogP contribution in [-0.4, -0.2) is 55.1 Å². The van der Waals surface area contributed by atoms with Gasteiger partial charge in [-0.2, -0.15) is 5.26 Å². The number of nitrogens with zero attached hydrogens (tertiary/aromatic N) is 3. The Hall–Kier alpha value is -3.04. The van der Waals surface area contributed by atoms with Crippen LogP contribution in [0.15, 0.2) is 48.5 Å². The zero-order valence-electron chi connectivity index (χ0n) is 17.0. The van der Waals surface area contributed by atoms with Gasteiger partial charge in [0.15, 0.2) is 18.1 Å². The van der Waals surface area contributed by atoms with Gasteiger partial charge in [-0.05, 0) is 31.5 Å². The topological polar surface area (TPSA) is 65.8 Å². The lowest BCUT2D eigenvalue weighted by atomic mass is 10.1. The van der Waals surface area contributed by atoms with Gasteiger partial charge in [0.05, 0.1) is 18.2 Å². The van der Waals surface area contributed by atoms with Gasteiger partial charge in [0.25, 0.3) is 5.91 Å². The molecule has 1 heterocycles. The van der Waals surface area contributed by atoms with Crippen LogP contribution in [0.1, 0.15) is 31.0 Å². The summed E-state index contributed by atoms with van der Waals surface area (Å²) in [5, 5.41) is 9.03. The van der Waals surface area contributed by atoms with Crippen molar-refractivity contribution in [1.82, 2.24) is 9.80 Å². The number of ether oxygens (including phenoxy) is 2. The normalized spacial score (nSPS) is 15.4. The smallest absolute Gasteiger partial charge is 0.260 e. The average molecular weight is 393 g/mol. The molecular weight excluding hydrogens is 366 g/mol. The maximum absolute atomic E-state index is 12.6. The molecule has 3 rings (SSSR count). The third-order valence-electron chi connectivity index (χ3n) is 5.22. The number of carbonyl (C=O) groups is 1. The van der Waals surface area contributed by atoms with Crippen molar-refractivity contribution in [2.24, 2.45) is 0 Å². The lowest BCUT2D eigenvalue weighted by Crippen LogP contribution is -2.50. The van der Waals surface area contributed by atoms with E-state index < -0.39 is 0 Å². The maximum atomic E-state index is 12.6. The zero-order chi connectivity index (χ0) is 20.6. The highest BCUT2D eigenvalue weighted by molar-refractivity contribution is 5.78. The molecule has 0 spiro atoms. The molecule has 152 valence electrons. The average Bonchev–Trinajstić information content (AvgIpc) is 2.78. The summed E-state index contributed by atoms with van der Waals surface area (Å²) in [6.07, 6.45) is 0. The molecule has 0 aromatic heterocycles. The molecule has 1 amide bonds. The van der Waals surface area contributed by atoms with Crippen molar-refractivity contribution < 1.29 is 14.3 Å². The van der Waals surface area contributed by atoms with Crippen molar-refractivity contribution in [3.63, 3.8) is 0 Å². The summed E-state index contributed by atoms with van der Waals surface area (Å²) in [5.41, 5.74) is 1.79. The molecule has 6 nitrogen and oxygen atoms in total. The first-order valence-corrected chi connectivity index (χ1v) is 9.99. The van der Waals surface area contributed by atoms with Gasteiger partial charge in [0.2, 0.25) is 0 Å². The molecule has 0 aliphatic carbocycles. The van der Waals surface area contributed by atoms with Gasteiger partial charge in [0, 0.05) is 38.3 Å². The van der Waals surface area contributed by atoms with E-state index in [2.05, 4.69) is 42.2 Å². The van der Waals surface area contributed by atoms with Crippen LogP contribution in [0.4, 0.5) is 0 Å². The highest BCUT2D eigenvalue weighted by atomic mass is 16.5. The van der Waals surface area contributed by atoms with E-state index >= 15 is 0 Å². The molecule has 2 aromatic rings. The molecule has 6 heteroatoms. The van der Waals surface area contributed by atoms with E-state index in [1.54, 1.807) is 18.2 Å². The molecule has 1 aliphatic rings. The standard InChI is InChI=1S/C23H27N3O3/c1-3-28-22-15-19(16-24)9-10-21(22)29-17-23(27)26-13-11-25(12-14-26)18(2)20-7-5-4-6-8-20/h4-10,15,18H,3,11-14,17H2,1-2H3. The Morgan fingerprint density at radius 1 is 1.07 bits per heavy atom. The number of piperazine rings is 1. The van der Waals surface area contributed by atoms with Crippen molar-refractivity contribution >= 4 is 5.91 Å². The van der Waals surface area contributed by atoms with Crippen LogP contribution in [0, 0.1) is 11.3 Å². The van der Waals surface area contributed by atoms with Crippen LogP contribution >= 0.6 is 0 Å². The van der Waals surface area contributed by atoms with Gasteiger partial charge in [-0.3, -0.25) is 9.69 Å². The summed E-state index contributed by atoms with van der Waals surface area (Å²) in [6.45, 7) is 7.53. The van der Waals surface area contributed by atoms with Crippen molar-refractivity contribution in [2.75, 3.05) is 39.4 Å².